The highest BCUT2D eigenvalue weighted by Crippen LogP contribution is 2.44. The molecule has 0 spiro atoms. The first-order valence-electron chi connectivity index (χ1n) is 10.5. The second-order valence-corrected chi connectivity index (χ2v) is 8.03. The lowest BCUT2D eigenvalue weighted by molar-refractivity contribution is -0.173. The number of nitrogens with zero attached hydrogens (tertiary/aromatic N) is 4. The van der Waals surface area contributed by atoms with Crippen LogP contribution in [0.15, 0.2) is 30.5 Å². The van der Waals surface area contributed by atoms with Gasteiger partial charge in [-0.05, 0) is 24.6 Å². The molecule has 0 saturated heterocycles. The topological polar surface area (TPSA) is 95.2 Å². The minimum absolute atomic E-state index is 0.105. The van der Waals surface area contributed by atoms with Crippen LogP contribution in [-0.4, -0.2) is 45.9 Å². The highest BCUT2D eigenvalue weighted by Gasteiger charge is 2.47. The number of aromatic nitrogens is 4. The van der Waals surface area contributed by atoms with Gasteiger partial charge in [-0.2, -0.15) is 23.4 Å². The number of halogens is 3. The largest absolute Gasteiger partial charge is 0.493 e. The van der Waals surface area contributed by atoms with Gasteiger partial charge in [0.05, 0.1) is 26.5 Å². The summed E-state index contributed by atoms with van der Waals surface area (Å²) in [6, 6.07) is 3.72. The Morgan fingerprint density at radius 1 is 1.24 bits per heavy atom. The zero-order chi connectivity index (χ0) is 24.6. The smallest absolute Gasteiger partial charge is 0.410 e. The molecule has 0 saturated carbocycles. The Morgan fingerprint density at radius 2 is 1.97 bits per heavy atom. The predicted octanol–water partition coefficient (Wildman–Crippen LogP) is 3.53. The van der Waals surface area contributed by atoms with E-state index < -0.39 is 24.2 Å². The molecule has 4 rings (SSSR count). The second-order valence-electron chi connectivity index (χ2n) is 8.03. The Balaban J connectivity index is 1.60. The lowest BCUT2D eigenvalue weighted by Gasteiger charge is -2.33. The number of alkyl halides is 3. The molecule has 3 aromatic rings. The summed E-state index contributed by atoms with van der Waals surface area (Å²) in [5, 5.41) is 13.9. The van der Waals surface area contributed by atoms with Gasteiger partial charge < -0.3 is 20.1 Å². The Morgan fingerprint density at radius 3 is 2.59 bits per heavy atom. The van der Waals surface area contributed by atoms with Crippen LogP contribution in [0.3, 0.4) is 0 Å². The Kier molecular flexibility index (Phi) is 6.15. The lowest BCUT2D eigenvalue weighted by Crippen LogP contribution is -2.35. The van der Waals surface area contributed by atoms with Gasteiger partial charge in [0.1, 0.15) is 5.82 Å². The first kappa shape index (κ1) is 23.5. The van der Waals surface area contributed by atoms with E-state index in [-0.39, 0.29) is 24.5 Å². The Labute approximate surface area is 193 Å². The molecule has 0 radical (unpaired) electrons. The molecule has 3 heterocycles. The van der Waals surface area contributed by atoms with E-state index in [9.17, 15) is 18.0 Å². The number of benzene rings is 1. The number of hydrogen-bond acceptors (Lipinski definition) is 6. The van der Waals surface area contributed by atoms with E-state index in [1.165, 1.54) is 20.3 Å². The van der Waals surface area contributed by atoms with Crippen LogP contribution < -0.4 is 20.1 Å². The summed E-state index contributed by atoms with van der Waals surface area (Å²) < 4.78 is 54.9. The first-order valence-corrected chi connectivity index (χ1v) is 10.5. The van der Waals surface area contributed by atoms with Crippen molar-refractivity contribution in [3.8, 4) is 11.5 Å². The molecule has 1 amide bonds. The number of fused-ring (bicyclic) bond motifs is 1. The van der Waals surface area contributed by atoms with E-state index >= 15 is 0 Å². The monoisotopic (exact) mass is 478 g/mol. The maximum absolute atomic E-state index is 14.0. The van der Waals surface area contributed by atoms with Crippen molar-refractivity contribution < 1.29 is 27.4 Å². The van der Waals surface area contributed by atoms with Crippen LogP contribution in [-0.2, 0) is 13.6 Å². The molecule has 12 heteroatoms. The standard InChI is InChI=1S/C22H25F3N6O3/c1-12-14(11-27-30(12)2)10-26-21(32)16-9-20-28-15(8-19(22(23,24)25)31(20)29-16)13-5-6-17(33-3)18(7-13)34-4/h5-7,9,11,15,19,28H,8,10H2,1-4H3,(H,26,32)/t15-,19+/m0/s1. The minimum Gasteiger partial charge on any atom is -0.493 e. The van der Waals surface area contributed by atoms with Crippen LogP contribution in [0.5, 0.6) is 11.5 Å². The molecular formula is C22H25F3N6O3. The zero-order valence-corrected chi connectivity index (χ0v) is 19.1. The molecule has 34 heavy (non-hydrogen) atoms. The SMILES string of the molecule is COc1ccc([C@@H]2C[C@H](C(F)(F)F)n3nc(C(=O)NCc4cnn(C)c4C)cc3N2)cc1OC. The number of hydrogen-bond donors (Lipinski definition) is 2. The average molecular weight is 478 g/mol. The number of anilines is 1. The summed E-state index contributed by atoms with van der Waals surface area (Å²) in [6.07, 6.45) is -3.23. The van der Waals surface area contributed by atoms with Crippen LogP contribution in [0.2, 0.25) is 0 Å². The average Bonchev–Trinajstić information content (AvgIpc) is 3.39. The number of carbonyl (C=O) groups is 1. The lowest BCUT2D eigenvalue weighted by atomic mass is 9.96. The number of rotatable bonds is 6. The summed E-state index contributed by atoms with van der Waals surface area (Å²) in [5.41, 5.74) is 2.17. The summed E-state index contributed by atoms with van der Waals surface area (Å²) in [7, 11) is 4.72. The first-order chi connectivity index (χ1) is 16.1. The van der Waals surface area contributed by atoms with E-state index in [0.717, 1.165) is 15.9 Å². The maximum Gasteiger partial charge on any atom is 0.410 e. The highest BCUT2D eigenvalue weighted by atomic mass is 19.4. The van der Waals surface area contributed by atoms with Crippen molar-refractivity contribution >= 4 is 11.7 Å². The van der Waals surface area contributed by atoms with Crippen molar-refractivity contribution in [2.45, 2.75) is 38.1 Å². The minimum atomic E-state index is -4.56. The van der Waals surface area contributed by atoms with Crippen molar-refractivity contribution in [1.29, 1.82) is 0 Å². The van der Waals surface area contributed by atoms with Crippen LogP contribution in [0.4, 0.5) is 19.0 Å². The van der Waals surface area contributed by atoms with E-state index in [2.05, 4.69) is 20.8 Å². The van der Waals surface area contributed by atoms with Crippen LogP contribution in [0.1, 0.15) is 45.8 Å². The van der Waals surface area contributed by atoms with Gasteiger partial charge in [-0.25, -0.2) is 4.68 Å². The third kappa shape index (κ3) is 4.39. The fraction of sp³-hybridized carbons (Fsp3) is 0.409. The van der Waals surface area contributed by atoms with Gasteiger partial charge >= 0.3 is 6.18 Å². The van der Waals surface area contributed by atoms with Gasteiger partial charge in [0.2, 0.25) is 0 Å². The maximum atomic E-state index is 14.0. The number of ether oxygens (including phenoxy) is 2. The summed E-state index contributed by atoms with van der Waals surface area (Å²) in [6.45, 7) is 2.04. The molecular weight excluding hydrogens is 453 g/mol. The highest BCUT2D eigenvalue weighted by molar-refractivity contribution is 5.93. The number of methoxy groups -OCH3 is 2. The molecule has 1 aliphatic rings. The Hall–Kier alpha value is -3.70. The van der Waals surface area contributed by atoms with Crippen molar-refractivity contribution in [1.82, 2.24) is 24.9 Å². The predicted molar refractivity (Wildman–Crippen MR) is 117 cm³/mol. The summed E-state index contributed by atoms with van der Waals surface area (Å²) in [4.78, 5) is 12.7. The van der Waals surface area contributed by atoms with Crippen molar-refractivity contribution in [3.63, 3.8) is 0 Å². The number of carbonyl (C=O) groups excluding carboxylic acids is 1. The number of nitrogens with one attached hydrogen (secondary N) is 2. The normalized spacial score (nSPS) is 17.6. The molecule has 1 aliphatic heterocycles. The fourth-order valence-electron chi connectivity index (χ4n) is 3.96. The number of amides is 1. The van der Waals surface area contributed by atoms with Gasteiger partial charge in [-0.3, -0.25) is 9.48 Å². The van der Waals surface area contributed by atoms with Gasteiger partial charge in [-0.15, -0.1) is 0 Å². The molecule has 0 fully saturated rings. The van der Waals surface area contributed by atoms with Gasteiger partial charge in [0.25, 0.3) is 5.91 Å². The fourth-order valence-corrected chi connectivity index (χ4v) is 3.96. The van der Waals surface area contributed by atoms with E-state index in [4.69, 9.17) is 9.47 Å². The van der Waals surface area contributed by atoms with Gasteiger partial charge in [-0.1, -0.05) is 6.07 Å². The third-order valence-corrected chi connectivity index (χ3v) is 6.01. The third-order valence-electron chi connectivity index (χ3n) is 6.01. The van der Waals surface area contributed by atoms with E-state index in [1.807, 2.05) is 6.92 Å². The van der Waals surface area contributed by atoms with Gasteiger partial charge in [0.15, 0.2) is 23.2 Å². The molecule has 1 aromatic carbocycles. The van der Waals surface area contributed by atoms with Crippen molar-refractivity contribution in [2.24, 2.45) is 7.05 Å². The molecule has 2 atom stereocenters. The summed E-state index contributed by atoms with van der Waals surface area (Å²) in [5.74, 6) is 0.420. The molecule has 9 nitrogen and oxygen atoms in total. The number of aryl methyl sites for hydroxylation is 1. The zero-order valence-electron chi connectivity index (χ0n) is 19.1. The molecule has 182 valence electrons. The van der Waals surface area contributed by atoms with Gasteiger partial charge in [0, 0.05) is 37.3 Å². The Bertz CT molecular complexity index is 1200. The van der Waals surface area contributed by atoms with E-state index in [1.54, 1.807) is 36.1 Å². The van der Waals surface area contributed by atoms with Crippen molar-refractivity contribution in [3.05, 3.63) is 53.0 Å². The van der Waals surface area contributed by atoms with Crippen LogP contribution in [0.25, 0.3) is 0 Å². The quantitative estimate of drug-likeness (QED) is 0.563. The molecule has 0 bridgehead atoms. The molecule has 2 N–H and O–H groups in total. The molecule has 0 unspecified atom stereocenters. The van der Waals surface area contributed by atoms with E-state index in [0.29, 0.717) is 17.1 Å². The van der Waals surface area contributed by atoms with Crippen molar-refractivity contribution in [2.75, 3.05) is 19.5 Å². The van der Waals surface area contributed by atoms with Crippen LogP contribution >= 0.6 is 0 Å². The molecule has 0 aliphatic carbocycles. The van der Waals surface area contributed by atoms with Crippen LogP contribution in [0, 0.1) is 6.92 Å². The molecule has 2 aromatic heterocycles. The second kappa shape index (κ2) is 8.92. The summed E-state index contributed by atoms with van der Waals surface area (Å²) >= 11 is 0.